The molecule has 1 amide bonds. The molecule has 4 aromatic rings. The second kappa shape index (κ2) is 9.19. The largest absolute Gasteiger partial charge is 0.494 e. The van der Waals surface area contributed by atoms with E-state index in [-0.39, 0.29) is 19.1 Å². The van der Waals surface area contributed by atoms with Crippen molar-refractivity contribution in [3.8, 4) is 11.5 Å². The number of ether oxygens (including phenoxy) is 2. The van der Waals surface area contributed by atoms with E-state index in [1.54, 1.807) is 41.5 Å². The minimum atomic E-state index is -0.231. The molecule has 6 nitrogen and oxygen atoms in total. The Balaban J connectivity index is 1.58. The maximum atomic E-state index is 13.0. The smallest absolute Gasteiger partial charge is 0.267 e. The van der Waals surface area contributed by atoms with Gasteiger partial charge in [-0.15, -0.1) is 0 Å². The fourth-order valence-corrected chi connectivity index (χ4v) is 3.98. The van der Waals surface area contributed by atoms with Crippen molar-refractivity contribution in [1.29, 1.82) is 0 Å². The van der Waals surface area contributed by atoms with Gasteiger partial charge in [0, 0.05) is 5.02 Å². The fourth-order valence-electron chi connectivity index (χ4n) is 2.84. The van der Waals surface area contributed by atoms with E-state index in [1.807, 2.05) is 31.2 Å². The molecule has 0 atom stereocenters. The van der Waals surface area contributed by atoms with Gasteiger partial charge in [-0.2, -0.15) is 0 Å². The first-order valence-electron chi connectivity index (χ1n) is 9.37. The van der Waals surface area contributed by atoms with Gasteiger partial charge in [0.1, 0.15) is 17.3 Å². The molecule has 0 aliphatic heterocycles. The number of aromatic nitrogens is 1. The van der Waals surface area contributed by atoms with Crippen LogP contribution in [0.4, 0.5) is 5.13 Å². The van der Waals surface area contributed by atoms with Crippen LogP contribution in [0.3, 0.4) is 0 Å². The number of hydrogen-bond acceptors (Lipinski definition) is 6. The van der Waals surface area contributed by atoms with Crippen LogP contribution in [0.15, 0.2) is 65.3 Å². The summed E-state index contributed by atoms with van der Waals surface area (Å²) < 4.78 is 17.6. The third kappa shape index (κ3) is 4.75. The van der Waals surface area contributed by atoms with E-state index in [2.05, 4.69) is 4.98 Å². The summed E-state index contributed by atoms with van der Waals surface area (Å²) >= 11 is 7.32. The zero-order chi connectivity index (χ0) is 20.9. The van der Waals surface area contributed by atoms with Gasteiger partial charge in [0.2, 0.25) is 0 Å². The molecule has 0 aliphatic carbocycles. The molecule has 2 aromatic carbocycles. The topological polar surface area (TPSA) is 64.8 Å². The zero-order valence-corrected chi connectivity index (χ0v) is 17.8. The molecule has 0 fully saturated rings. The highest BCUT2D eigenvalue weighted by Crippen LogP contribution is 2.32. The predicted octanol–water partition coefficient (Wildman–Crippen LogP) is 5.55. The quantitative estimate of drug-likeness (QED) is 0.357. The van der Waals surface area contributed by atoms with Crippen molar-refractivity contribution in [3.05, 3.63) is 71.6 Å². The van der Waals surface area contributed by atoms with Crippen LogP contribution >= 0.6 is 22.9 Å². The number of halogens is 1. The van der Waals surface area contributed by atoms with Gasteiger partial charge < -0.3 is 13.9 Å². The average molecular weight is 443 g/mol. The summed E-state index contributed by atoms with van der Waals surface area (Å²) in [6, 6.07) is 16.2. The molecule has 0 aliphatic rings. The van der Waals surface area contributed by atoms with E-state index in [0.29, 0.717) is 28.3 Å². The van der Waals surface area contributed by atoms with Crippen molar-refractivity contribution in [3.63, 3.8) is 0 Å². The summed E-state index contributed by atoms with van der Waals surface area (Å²) in [5.74, 6) is 1.76. The highest BCUT2D eigenvalue weighted by molar-refractivity contribution is 7.22. The van der Waals surface area contributed by atoms with Crippen LogP contribution in [0.1, 0.15) is 12.7 Å². The number of nitrogens with zero attached hydrogens (tertiary/aromatic N) is 2. The Morgan fingerprint density at radius 2 is 1.93 bits per heavy atom. The average Bonchev–Trinajstić information content (AvgIpc) is 3.41. The van der Waals surface area contributed by atoms with E-state index >= 15 is 0 Å². The van der Waals surface area contributed by atoms with Gasteiger partial charge in [-0.3, -0.25) is 9.69 Å². The number of carbonyl (C=O) groups excluding carboxylic acids is 1. The van der Waals surface area contributed by atoms with Crippen molar-refractivity contribution in [2.75, 3.05) is 18.1 Å². The summed E-state index contributed by atoms with van der Waals surface area (Å²) in [7, 11) is 0. The lowest BCUT2D eigenvalue weighted by atomic mass is 10.3. The Kier molecular flexibility index (Phi) is 6.21. The van der Waals surface area contributed by atoms with Crippen LogP contribution in [-0.4, -0.2) is 24.1 Å². The highest BCUT2D eigenvalue weighted by Gasteiger charge is 2.22. The zero-order valence-electron chi connectivity index (χ0n) is 16.2. The second-order valence-corrected chi connectivity index (χ2v) is 7.81. The molecule has 0 bridgehead atoms. The lowest BCUT2D eigenvalue weighted by Gasteiger charge is -2.19. The molecule has 4 rings (SSSR count). The lowest BCUT2D eigenvalue weighted by Crippen LogP contribution is -2.34. The molecule has 0 saturated heterocycles. The van der Waals surface area contributed by atoms with E-state index in [1.165, 1.54) is 11.3 Å². The Bertz CT molecular complexity index is 1130. The lowest BCUT2D eigenvalue weighted by molar-refractivity contribution is -0.120. The van der Waals surface area contributed by atoms with E-state index in [9.17, 15) is 4.79 Å². The van der Waals surface area contributed by atoms with Crippen LogP contribution in [-0.2, 0) is 11.3 Å². The summed E-state index contributed by atoms with van der Waals surface area (Å²) in [5, 5.41) is 1.17. The number of rotatable bonds is 8. The number of anilines is 1. The first-order valence-corrected chi connectivity index (χ1v) is 10.6. The first-order chi connectivity index (χ1) is 14.6. The minimum absolute atomic E-state index is 0.136. The fraction of sp³-hybridized carbons (Fsp3) is 0.182. The number of thiazole rings is 1. The van der Waals surface area contributed by atoms with Crippen LogP contribution in [0.25, 0.3) is 10.2 Å². The van der Waals surface area contributed by atoms with Crippen molar-refractivity contribution < 1.29 is 18.7 Å². The molecule has 0 unspecified atom stereocenters. The maximum absolute atomic E-state index is 13.0. The molecule has 0 N–H and O–H groups in total. The van der Waals surface area contributed by atoms with E-state index < -0.39 is 0 Å². The second-order valence-electron chi connectivity index (χ2n) is 6.36. The molecule has 2 aromatic heterocycles. The molecule has 30 heavy (non-hydrogen) atoms. The van der Waals surface area contributed by atoms with Gasteiger partial charge in [-0.1, -0.05) is 22.9 Å². The number of carbonyl (C=O) groups is 1. The first kappa shape index (κ1) is 20.3. The van der Waals surface area contributed by atoms with Gasteiger partial charge in [0.25, 0.3) is 5.91 Å². The molecule has 0 radical (unpaired) electrons. The van der Waals surface area contributed by atoms with Crippen molar-refractivity contribution in [2.45, 2.75) is 13.5 Å². The van der Waals surface area contributed by atoms with Crippen LogP contribution < -0.4 is 14.4 Å². The van der Waals surface area contributed by atoms with Gasteiger partial charge in [-0.05, 0) is 61.5 Å². The van der Waals surface area contributed by atoms with Crippen LogP contribution in [0, 0.1) is 0 Å². The monoisotopic (exact) mass is 442 g/mol. The maximum Gasteiger partial charge on any atom is 0.267 e. The van der Waals surface area contributed by atoms with Crippen molar-refractivity contribution in [2.24, 2.45) is 0 Å². The van der Waals surface area contributed by atoms with Crippen LogP contribution in [0.5, 0.6) is 11.5 Å². The van der Waals surface area contributed by atoms with Gasteiger partial charge in [0.05, 0.1) is 29.6 Å². The molecule has 0 spiro atoms. The summed E-state index contributed by atoms with van der Waals surface area (Å²) in [5.41, 5.74) is 0.800. The molecular formula is C22H19ClN2O4S. The van der Waals surface area contributed by atoms with E-state index in [4.69, 9.17) is 25.5 Å². The van der Waals surface area contributed by atoms with Gasteiger partial charge >= 0.3 is 0 Å². The third-order valence-electron chi connectivity index (χ3n) is 4.26. The number of amides is 1. The van der Waals surface area contributed by atoms with Gasteiger partial charge in [-0.25, -0.2) is 4.98 Å². The molecule has 0 saturated carbocycles. The molecule has 2 heterocycles. The molecular weight excluding hydrogens is 424 g/mol. The Morgan fingerprint density at radius 1 is 1.13 bits per heavy atom. The van der Waals surface area contributed by atoms with E-state index in [0.717, 1.165) is 16.0 Å². The number of hydrogen-bond donors (Lipinski definition) is 0. The third-order valence-corrected chi connectivity index (χ3v) is 5.55. The van der Waals surface area contributed by atoms with Gasteiger partial charge in [0.15, 0.2) is 11.7 Å². The molecule has 8 heteroatoms. The Morgan fingerprint density at radius 3 is 2.67 bits per heavy atom. The highest BCUT2D eigenvalue weighted by atomic mass is 35.5. The number of benzene rings is 2. The minimum Gasteiger partial charge on any atom is -0.494 e. The van der Waals surface area contributed by atoms with Crippen LogP contribution in [0.2, 0.25) is 5.02 Å². The normalized spacial score (nSPS) is 10.9. The van der Waals surface area contributed by atoms with Crippen molar-refractivity contribution in [1.82, 2.24) is 4.98 Å². The number of fused-ring (bicyclic) bond motifs is 1. The molecule has 154 valence electrons. The summed E-state index contributed by atoms with van der Waals surface area (Å²) in [6.07, 6.45) is 1.58. The van der Waals surface area contributed by atoms with Crippen molar-refractivity contribution >= 4 is 44.2 Å². The Labute approximate surface area is 182 Å². The number of furan rings is 1. The Hall–Kier alpha value is -3.03. The summed E-state index contributed by atoms with van der Waals surface area (Å²) in [4.78, 5) is 19.2. The standard InChI is InChI=1S/C22H19ClN2O4S/c1-2-27-17-9-10-19-20(12-17)30-22(24-19)25(13-18-4-3-11-28-18)21(26)14-29-16-7-5-15(23)6-8-16/h3-12H,2,13-14H2,1H3. The SMILES string of the molecule is CCOc1ccc2nc(N(Cc3ccco3)C(=O)COc3ccc(Cl)cc3)sc2c1. The predicted molar refractivity (Wildman–Crippen MR) is 118 cm³/mol. The summed E-state index contributed by atoms with van der Waals surface area (Å²) in [6.45, 7) is 2.64.